The highest BCUT2D eigenvalue weighted by Gasteiger charge is 2.19. The summed E-state index contributed by atoms with van der Waals surface area (Å²) in [5.74, 6) is 1.68. The zero-order valence-corrected chi connectivity index (χ0v) is 18.9. The number of pyridine rings is 2. The molecule has 0 amide bonds. The minimum atomic E-state index is 0. The smallest absolute Gasteiger partial charge is 0.251 e. The Balaban J connectivity index is 0.00000245. The van der Waals surface area contributed by atoms with E-state index in [0.717, 1.165) is 61.4 Å². The summed E-state index contributed by atoms with van der Waals surface area (Å²) >= 11 is 0. The van der Waals surface area contributed by atoms with Crippen LogP contribution >= 0.6 is 12.4 Å². The molecule has 2 aliphatic heterocycles. The molecule has 0 radical (unpaired) electrons. The van der Waals surface area contributed by atoms with Crippen LogP contribution in [0.25, 0.3) is 10.9 Å². The van der Waals surface area contributed by atoms with Gasteiger partial charge in [-0.3, -0.25) is 9.78 Å². The third-order valence-electron chi connectivity index (χ3n) is 6.22. The lowest BCUT2D eigenvalue weighted by atomic mass is 10.0. The predicted molar refractivity (Wildman–Crippen MR) is 127 cm³/mol. The van der Waals surface area contributed by atoms with Crippen LogP contribution in [0.5, 0.6) is 11.5 Å². The average Bonchev–Trinajstić information content (AvgIpc) is 2.82. The van der Waals surface area contributed by atoms with Crippen molar-refractivity contribution < 1.29 is 9.47 Å². The number of ether oxygens (including phenoxy) is 2. The summed E-state index contributed by atoms with van der Waals surface area (Å²) in [7, 11) is 0. The lowest BCUT2D eigenvalue weighted by molar-refractivity contribution is 0.171. The Morgan fingerprint density at radius 2 is 1.81 bits per heavy atom. The Kier molecular flexibility index (Phi) is 7.29. The largest absolute Gasteiger partial charge is 0.486 e. The Morgan fingerprint density at radius 3 is 2.66 bits per heavy atom. The van der Waals surface area contributed by atoms with Crippen molar-refractivity contribution in [2.24, 2.45) is 0 Å². The summed E-state index contributed by atoms with van der Waals surface area (Å²) < 4.78 is 13.1. The van der Waals surface area contributed by atoms with E-state index < -0.39 is 0 Å². The van der Waals surface area contributed by atoms with E-state index >= 15 is 0 Å². The molecule has 2 aromatic heterocycles. The SMILES string of the molecule is Cl.O=c1ccc2cnccc2n1CCN1CCC(NCc2ccc3c(c2)OCCO3)CC1. The highest BCUT2D eigenvalue weighted by molar-refractivity contribution is 5.85. The molecule has 7 nitrogen and oxygen atoms in total. The molecule has 3 aromatic rings. The van der Waals surface area contributed by atoms with E-state index in [-0.39, 0.29) is 18.0 Å². The Labute approximate surface area is 193 Å². The van der Waals surface area contributed by atoms with Crippen LogP contribution in [0.15, 0.2) is 53.6 Å². The maximum atomic E-state index is 12.4. The molecule has 0 atom stereocenters. The molecule has 1 aromatic carbocycles. The molecule has 2 aliphatic rings. The lowest BCUT2D eigenvalue weighted by Crippen LogP contribution is -2.43. The lowest BCUT2D eigenvalue weighted by Gasteiger charge is -2.32. The molecular weight excluding hydrogens is 428 g/mol. The van der Waals surface area contributed by atoms with Crippen molar-refractivity contribution in [3.63, 3.8) is 0 Å². The minimum Gasteiger partial charge on any atom is -0.486 e. The summed E-state index contributed by atoms with van der Waals surface area (Å²) in [6, 6.07) is 12.1. The van der Waals surface area contributed by atoms with Gasteiger partial charge in [-0.2, -0.15) is 0 Å². The van der Waals surface area contributed by atoms with Crippen molar-refractivity contribution in [2.75, 3.05) is 32.8 Å². The molecule has 0 unspecified atom stereocenters. The second kappa shape index (κ2) is 10.3. The van der Waals surface area contributed by atoms with Gasteiger partial charge in [-0.15, -0.1) is 12.4 Å². The van der Waals surface area contributed by atoms with Crippen LogP contribution < -0.4 is 20.3 Å². The molecule has 1 fully saturated rings. The van der Waals surface area contributed by atoms with Crippen LogP contribution in [0, 0.1) is 0 Å². The van der Waals surface area contributed by atoms with Gasteiger partial charge >= 0.3 is 0 Å². The molecule has 5 rings (SSSR count). The molecule has 4 heterocycles. The number of likely N-dealkylation sites (tertiary alicyclic amines) is 1. The van der Waals surface area contributed by atoms with Crippen molar-refractivity contribution in [1.82, 2.24) is 19.8 Å². The first-order valence-electron chi connectivity index (χ1n) is 11.0. The number of halogens is 1. The monoisotopic (exact) mass is 456 g/mol. The number of nitrogens with zero attached hydrogens (tertiary/aromatic N) is 3. The third-order valence-corrected chi connectivity index (χ3v) is 6.22. The number of hydrogen-bond donors (Lipinski definition) is 1. The zero-order chi connectivity index (χ0) is 21.0. The van der Waals surface area contributed by atoms with Crippen molar-refractivity contribution >= 4 is 23.3 Å². The molecule has 1 N–H and O–H groups in total. The standard InChI is InChI=1S/C24H28N4O3.ClH/c29-24-4-2-19-17-25-8-5-21(19)28(24)12-11-27-9-6-20(7-10-27)26-16-18-1-3-22-23(15-18)31-14-13-30-22;/h1-5,8,15,17,20,26H,6-7,9-14,16H2;1H. The van der Waals surface area contributed by atoms with Gasteiger partial charge in [-0.1, -0.05) is 6.07 Å². The van der Waals surface area contributed by atoms with E-state index in [9.17, 15) is 4.79 Å². The van der Waals surface area contributed by atoms with Gasteiger partial charge in [-0.05, 0) is 55.8 Å². The summed E-state index contributed by atoms with van der Waals surface area (Å²) in [4.78, 5) is 19.0. The van der Waals surface area contributed by atoms with E-state index in [1.165, 1.54) is 5.56 Å². The molecule has 32 heavy (non-hydrogen) atoms. The molecular formula is C24H29ClN4O3. The van der Waals surface area contributed by atoms with Crippen LogP contribution in [0.1, 0.15) is 18.4 Å². The first-order valence-corrected chi connectivity index (χ1v) is 11.0. The number of aromatic nitrogens is 2. The minimum absolute atomic E-state index is 0. The van der Waals surface area contributed by atoms with Gasteiger partial charge in [0.1, 0.15) is 13.2 Å². The second-order valence-corrected chi connectivity index (χ2v) is 8.23. The number of nitrogens with one attached hydrogen (secondary N) is 1. The fourth-order valence-corrected chi connectivity index (χ4v) is 4.44. The van der Waals surface area contributed by atoms with Crippen molar-refractivity contribution in [1.29, 1.82) is 0 Å². The second-order valence-electron chi connectivity index (χ2n) is 8.23. The number of piperidine rings is 1. The highest BCUT2D eigenvalue weighted by Crippen LogP contribution is 2.30. The zero-order valence-electron chi connectivity index (χ0n) is 18.0. The van der Waals surface area contributed by atoms with E-state index in [0.29, 0.717) is 25.8 Å². The topological polar surface area (TPSA) is 68.6 Å². The Morgan fingerprint density at radius 1 is 1.00 bits per heavy atom. The predicted octanol–water partition coefficient (Wildman–Crippen LogP) is 2.84. The average molecular weight is 457 g/mol. The quantitative estimate of drug-likeness (QED) is 0.615. The maximum absolute atomic E-state index is 12.4. The first-order chi connectivity index (χ1) is 15.3. The fourth-order valence-electron chi connectivity index (χ4n) is 4.44. The molecule has 0 aliphatic carbocycles. The third kappa shape index (κ3) is 5.06. The molecule has 0 spiro atoms. The van der Waals surface area contributed by atoms with Gasteiger partial charge in [0.25, 0.3) is 5.56 Å². The Hall–Kier alpha value is -2.61. The number of benzene rings is 1. The summed E-state index contributed by atoms with van der Waals surface area (Å²) in [6.07, 6.45) is 5.78. The van der Waals surface area contributed by atoms with Crippen molar-refractivity contribution in [2.45, 2.75) is 32.0 Å². The number of rotatable bonds is 6. The van der Waals surface area contributed by atoms with E-state index in [2.05, 4.69) is 27.3 Å². The van der Waals surface area contributed by atoms with Crippen molar-refractivity contribution in [3.8, 4) is 11.5 Å². The summed E-state index contributed by atoms with van der Waals surface area (Å²) in [5.41, 5.74) is 2.23. The van der Waals surface area contributed by atoms with Crippen LogP contribution in [-0.2, 0) is 13.1 Å². The first kappa shape index (κ1) is 22.6. The number of fused-ring (bicyclic) bond motifs is 2. The fraction of sp³-hybridized carbons (Fsp3) is 0.417. The van der Waals surface area contributed by atoms with Gasteiger partial charge in [0.2, 0.25) is 0 Å². The van der Waals surface area contributed by atoms with Crippen LogP contribution in [0.2, 0.25) is 0 Å². The van der Waals surface area contributed by atoms with Gasteiger partial charge in [0.15, 0.2) is 11.5 Å². The van der Waals surface area contributed by atoms with E-state index in [1.807, 2.05) is 29.0 Å². The number of hydrogen-bond acceptors (Lipinski definition) is 6. The van der Waals surface area contributed by atoms with E-state index in [1.54, 1.807) is 12.3 Å². The molecule has 1 saturated heterocycles. The van der Waals surface area contributed by atoms with Crippen LogP contribution in [-0.4, -0.2) is 53.3 Å². The highest BCUT2D eigenvalue weighted by atomic mass is 35.5. The maximum Gasteiger partial charge on any atom is 0.251 e. The normalized spacial score (nSPS) is 16.6. The Bertz CT molecular complexity index is 1110. The molecule has 0 saturated carbocycles. The van der Waals surface area contributed by atoms with Gasteiger partial charge < -0.3 is 24.3 Å². The molecule has 170 valence electrons. The molecule has 8 heteroatoms. The van der Waals surface area contributed by atoms with Gasteiger partial charge in [0.05, 0.1) is 5.52 Å². The van der Waals surface area contributed by atoms with E-state index in [4.69, 9.17) is 9.47 Å². The van der Waals surface area contributed by atoms with Crippen LogP contribution in [0.4, 0.5) is 0 Å². The van der Waals surface area contributed by atoms with Crippen LogP contribution in [0.3, 0.4) is 0 Å². The summed E-state index contributed by atoms with van der Waals surface area (Å²) in [6.45, 7) is 5.74. The van der Waals surface area contributed by atoms with Gasteiger partial charge in [0, 0.05) is 49.5 Å². The summed E-state index contributed by atoms with van der Waals surface area (Å²) in [5, 5.41) is 4.69. The molecule has 0 bridgehead atoms. The van der Waals surface area contributed by atoms with Crippen molar-refractivity contribution in [3.05, 3.63) is 64.7 Å². The van der Waals surface area contributed by atoms with Gasteiger partial charge in [-0.25, -0.2) is 0 Å².